The summed E-state index contributed by atoms with van der Waals surface area (Å²) in [6.07, 6.45) is 0.432. The van der Waals surface area contributed by atoms with E-state index in [0.29, 0.717) is 24.8 Å². The predicted molar refractivity (Wildman–Crippen MR) is 121 cm³/mol. The Kier molecular flexibility index (Phi) is 10.2. The van der Waals surface area contributed by atoms with Crippen molar-refractivity contribution < 1.29 is 27.5 Å². The molecule has 2 rings (SSSR count). The maximum Gasteiger partial charge on any atom is 0.395 e. The minimum absolute atomic E-state index is 0.0461. The van der Waals surface area contributed by atoms with E-state index in [0.717, 1.165) is 5.56 Å². The van der Waals surface area contributed by atoms with Crippen molar-refractivity contribution >= 4 is 11.9 Å². The first-order chi connectivity index (χ1) is 15.7. The van der Waals surface area contributed by atoms with E-state index in [9.17, 15) is 22.8 Å². The van der Waals surface area contributed by atoms with Crippen LogP contribution < -0.4 is 10.6 Å². The Hall–Kier alpha value is -2.61. The molecule has 0 aromatic heterocycles. The summed E-state index contributed by atoms with van der Waals surface area (Å²) in [5, 5.41) is 6.06. The molecule has 182 valence electrons. The molecule has 4 atom stereocenters. The van der Waals surface area contributed by atoms with Crippen LogP contribution in [0, 0.1) is 11.8 Å². The first kappa shape index (κ1) is 26.6. The molecule has 8 heteroatoms. The van der Waals surface area contributed by atoms with Crippen LogP contribution in [-0.2, 0) is 14.3 Å². The van der Waals surface area contributed by atoms with Crippen molar-refractivity contribution in [3.05, 3.63) is 60.2 Å². The van der Waals surface area contributed by atoms with Gasteiger partial charge in [-0.15, -0.1) is 6.58 Å². The van der Waals surface area contributed by atoms with E-state index >= 15 is 0 Å². The predicted octanol–water partition coefficient (Wildman–Crippen LogP) is 4.87. The maximum absolute atomic E-state index is 13.2. The molecular formula is C25H33F3N2O3. The van der Waals surface area contributed by atoms with E-state index < -0.39 is 24.1 Å². The number of ether oxygens (including phenoxy) is 1. The van der Waals surface area contributed by atoms with Gasteiger partial charge >= 0.3 is 12.1 Å². The summed E-state index contributed by atoms with van der Waals surface area (Å²) < 4.78 is 44.5. The monoisotopic (exact) mass is 466 g/mol. The third kappa shape index (κ3) is 8.35. The molecule has 1 unspecified atom stereocenters. The Morgan fingerprint density at radius 1 is 1.24 bits per heavy atom. The Balaban J connectivity index is 1.90. The topological polar surface area (TPSA) is 67.4 Å². The summed E-state index contributed by atoms with van der Waals surface area (Å²) >= 11 is 0. The first-order valence-corrected chi connectivity index (χ1v) is 11.2. The molecule has 1 amide bonds. The number of halogens is 3. The molecule has 0 spiro atoms. The third-order valence-corrected chi connectivity index (χ3v) is 5.90. The number of rotatable bonds is 11. The van der Waals surface area contributed by atoms with Crippen LogP contribution in [-0.4, -0.2) is 37.7 Å². The fraction of sp³-hybridized carbons (Fsp3) is 0.520. The average molecular weight is 467 g/mol. The molecule has 0 bridgehead atoms. The lowest BCUT2D eigenvalue weighted by atomic mass is 9.99. The van der Waals surface area contributed by atoms with Crippen molar-refractivity contribution in [1.82, 2.24) is 10.6 Å². The Bertz CT molecular complexity index is 824. The van der Waals surface area contributed by atoms with Crippen molar-refractivity contribution in [1.29, 1.82) is 0 Å². The highest BCUT2D eigenvalue weighted by Crippen LogP contribution is 2.32. The number of carbonyl (C=O) groups is 2. The summed E-state index contributed by atoms with van der Waals surface area (Å²) in [6, 6.07) is 8.56. The zero-order valence-electron chi connectivity index (χ0n) is 19.2. The van der Waals surface area contributed by atoms with Crippen LogP contribution in [0.4, 0.5) is 13.2 Å². The van der Waals surface area contributed by atoms with Gasteiger partial charge in [0.25, 0.3) is 0 Å². The SMILES string of the molecule is C=CCCC(/C=C(\C)CNC(=O)[C@H]1CC[C@@H](N[C@H](C(=O)OC)c2ccccc2)C1)C(F)(F)F. The first-order valence-electron chi connectivity index (χ1n) is 11.2. The van der Waals surface area contributed by atoms with Gasteiger partial charge in [0.05, 0.1) is 13.0 Å². The van der Waals surface area contributed by atoms with Crippen molar-refractivity contribution in [2.24, 2.45) is 11.8 Å². The van der Waals surface area contributed by atoms with Crippen LogP contribution in [0.15, 0.2) is 54.6 Å². The molecule has 1 saturated carbocycles. The highest BCUT2D eigenvalue weighted by atomic mass is 19.4. The van der Waals surface area contributed by atoms with E-state index in [1.54, 1.807) is 6.92 Å². The number of benzene rings is 1. The molecule has 1 aromatic rings. The molecular weight excluding hydrogens is 433 g/mol. The van der Waals surface area contributed by atoms with Crippen LogP contribution in [0.5, 0.6) is 0 Å². The molecule has 1 aromatic carbocycles. The molecule has 0 radical (unpaired) electrons. The second-order valence-corrected chi connectivity index (χ2v) is 8.49. The van der Waals surface area contributed by atoms with Crippen LogP contribution in [0.3, 0.4) is 0 Å². The lowest BCUT2D eigenvalue weighted by Crippen LogP contribution is -2.37. The highest BCUT2D eigenvalue weighted by molar-refractivity contribution is 5.79. The van der Waals surface area contributed by atoms with Crippen molar-refractivity contribution in [3.8, 4) is 0 Å². The lowest BCUT2D eigenvalue weighted by molar-refractivity contribution is -0.162. The standard InChI is InChI=1S/C25H33F3N2O3/c1-4-5-11-20(25(26,27)28)14-17(2)16-29-23(31)19-12-13-21(15-19)30-22(24(32)33-3)18-9-7-6-8-10-18/h4,6-10,14,19-22,30H,1,5,11-13,15-16H2,2-3H3,(H,29,31)/b17-14+/t19-,20?,21+,22-/m0/s1. The molecule has 33 heavy (non-hydrogen) atoms. The third-order valence-electron chi connectivity index (χ3n) is 5.90. The normalized spacial score (nSPS) is 20.7. The molecule has 5 nitrogen and oxygen atoms in total. The lowest BCUT2D eigenvalue weighted by Gasteiger charge is -2.21. The van der Waals surface area contributed by atoms with E-state index in [1.165, 1.54) is 19.3 Å². The summed E-state index contributed by atoms with van der Waals surface area (Å²) in [7, 11) is 1.33. The second-order valence-electron chi connectivity index (χ2n) is 8.49. The van der Waals surface area contributed by atoms with Gasteiger partial charge in [0.1, 0.15) is 6.04 Å². The Morgan fingerprint density at radius 2 is 1.94 bits per heavy atom. The molecule has 0 saturated heterocycles. The van der Waals surface area contributed by atoms with Gasteiger partial charge in [-0.3, -0.25) is 10.1 Å². The fourth-order valence-electron chi connectivity index (χ4n) is 4.08. The number of allylic oxidation sites excluding steroid dienone is 2. The summed E-state index contributed by atoms with van der Waals surface area (Å²) in [6.45, 7) is 5.14. The number of esters is 1. The van der Waals surface area contributed by atoms with Crippen molar-refractivity contribution in [3.63, 3.8) is 0 Å². The van der Waals surface area contributed by atoms with Gasteiger partial charge in [0, 0.05) is 18.5 Å². The van der Waals surface area contributed by atoms with Crippen LogP contribution in [0.2, 0.25) is 0 Å². The number of hydrogen-bond donors (Lipinski definition) is 2. The summed E-state index contributed by atoms with van der Waals surface area (Å²) in [4.78, 5) is 24.9. The van der Waals surface area contributed by atoms with Gasteiger partial charge in [-0.2, -0.15) is 13.2 Å². The average Bonchev–Trinajstić information content (AvgIpc) is 3.26. The van der Waals surface area contributed by atoms with Crippen LogP contribution in [0.1, 0.15) is 50.6 Å². The number of carbonyl (C=O) groups excluding carboxylic acids is 2. The number of hydrogen-bond acceptors (Lipinski definition) is 4. The van der Waals surface area contributed by atoms with Gasteiger partial charge < -0.3 is 10.1 Å². The van der Waals surface area contributed by atoms with Crippen molar-refractivity contribution in [2.75, 3.05) is 13.7 Å². The fourth-order valence-corrected chi connectivity index (χ4v) is 4.08. The minimum atomic E-state index is -4.33. The number of nitrogens with one attached hydrogen (secondary N) is 2. The quantitative estimate of drug-likeness (QED) is 0.361. The molecule has 0 aliphatic heterocycles. The number of alkyl halides is 3. The van der Waals surface area contributed by atoms with Crippen molar-refractivity contribution in [2.45, 2.75) is 57.3 Å². The van der Waals surface area contributed by atoms with E-state index in [2.05, 4.69) is 17.2 Å². The molecule has 1 aliphatic rings. The number of amides is 1. The van der Waals surface area contributed by atoms with Crippen LogP contribution in [0.25, 0.3) is 0 Å². The van der Waals surface area contributed by atoms with E-state index in [-0.39, 0.29) is 37.3 Å². The maximum atomic E-state index is 13.2. The zero-order valence-corrected chi connectivity index (χ0v) is 19.2. The Morgan fingerprint density at radius 3 is 2.55 bits per heavy atom. The van der Waals surface area contributed by atoms with Gasteiger partial charge in [-0.25, -0.2) is 4.79 Å². The smallest absolute Gasteiger partial charge is 0.395 e. The highest BCUT2D eigenvalue weighted by Gasteiger charge is 2.37. The van der Waals surface area contributed by atoms with Crippen LogP contribution >= 0.6 is 0 Å². The van der Waals surface area contributed by atoms with Gasteiger partial charge in [-0.1, -0.05) is 48.1 Å². The van der Waals surface area contributed by atoms with Gasteiger partial charge in [0.15, 0.2) is 0 Å². The molecule has 2 N–H and O–H groups in total. The van der Waals surface area contributed by atoms with E-state index in [4.69, 9.17) is 4.74 Å². The zero-order chi connectivity index (χ0) is 24.4. The molecule has 1 fully saturated rings. The summed E-state index contributed by atoms with van der Waals surface area (Å²) in [5.74, 6) is -2.40. The minimum Gasteiger partial charge on any atom is -0.468 e. The van der Waals surface area contributed by atoms with Gasteiger partial charge in [-0.05, 0) is 44.6 Å². The number of methoxy groups -OCH3 is 1. The molecule has 0 heterocycles. The van der Waals surface area contributed by atoms with Gasteiger partial charge in [0.2, 0.25) is 5.91 Å². The Labute approximate surface area is 193 Å². The largest absolute Gasteiger partial charge is 0.468 e. The van der Waals surface area contributed by atoms with E-state index in [1.807, 2.05) is 30.3 Å². The summed E-state index contributed by atoms with van der Waals surface area (Å²) in [5.41, 5.74) is 1.26. The second kappa shape index (κ2) is 12.6. The molecule has 1 aliphatic carbocycles.